The van der Waals surface area contributed by atoms with Crippen LogP contribution in [0.5, 0.6) is 0 Å². The molecule has 0 rings (SSSR count). The maximum atomic E-state index is 2.34. The predicted molar refractivity (Wildman–Crippen MR) is 57.1 cm³/mol. The summed E-state index contributed by atoms with van der Waals surface area (Å²) in [4.78, 5) is 0. The van der Waals surface area contributed by atoms with Crippen LogP contribution in [0.25, 0.3) is 0 Å². The molecule has 0 aromatic heterocycles. The molecule has 0 heterocycles. The van der Waals surface area contributed by atoms with Gasteiger partial charge in [0.15, 0.2) is 0 Å². The predicted octanol–water partition coefficient (Wildman–Crippen LogP) is 4.60. The number of unbranched alkanes of at least 4 members (excludes halogenated alkanes) is 4. The van der Waals surface area contributed by atoms with Crippen LogP contribution in [-0.2, 0) is 0 Å². The molecule has 0 saturated carbocycles. The maximum Gasteiger partial charge on any atom is -0.0275 e. The van der Waals surface area contributed by atoms with Crippen molar-refractivity contribution in [3.63, 3.8) is 0 Å². The Kier molecular flexibility index (Phi) is 7.64. The fourth-order valence-electron chi connectivity index (χ4n) is 1.34. The molecular formula is C12H25. The van der Waals surface area contributed by atoms with Crippen LogP contribution in [0.3, 0.4) is 0 Å². The van der Waals surface area contributed by atoms with Gasteiger partial charge in [-0.25, -0.2) is 0 Å². The molecular weight excluding hydrogens is 144 g/mol. The first kappa shape index (κ1) is 12.0. The summed E-state index contributed by atoms with van der Waals surface area (Å²) in [5, 5.41) is 0. The number of rotatable bonds is 7. The van der Waals surface area contributed by atoms with Crippen LogP contribution < -0.4 is 0 Å². The highest BCUT2D eigenvalue weighted by molar-refractivity contribution is 4.83. The Morgan fingerprint density at radius 3 is 2.08 bits per heavy atom. The van der Waals surface area contributed by atoms with Gasteiger partial charge in [-0.05, 0) is 11.8 Å². The summed E-state index contributed by atoms with van der Waals surface area (Å²) in [6, 6.07) is 0. The topological polar surface area (TPSA) is 0 Å². The van der Waals surface area contributed by atoms with Gasteiger partial charge < -0.3 is 0 Å². The van der Waals surface area contributed by atoms with E-state index in [1.54, 1.807) is 5.92 Å². The van der Waals surface area contributed by atoms with Gasteiger partial charge in [0.25, 0.3) is 0 Å². The third-order valence-electron chi connectivity index (χ3n) is 2.73. The molecule has 0 aliphatic rings. The van der Waals surface area contributed by atoms with E-state index in [4.69, 9.17) is 0 Å². The van der Waals surface area contributed by atoms with E-state index in [-0.39, 0.29) is 0 Å². The lowest BCUT2D eigenvalue weighted by atomic mass is 9.92. The van der Waals surface area contributed by atoms with E-state index in [2.05, 4.69) is 27.7 Å². The van der Waals surface area contributed by atoms with Gasteiger partial charge in [-0.15, -0.1) is 0 Å². The maximum absolute atomic E-state index is 2.34. The lowest BCUT2D eigenvalue weighted by molar-refractivity contribution is 0.499. The first-order valence-corrected chi connectivity index (χ1v) is 5.48. The van der Waals surface area contributed by atoms with E-state index < -0.39 is 0 Å². The van der Waals surface area contributed by atoms with Crippen LogP contribution in [0.2, 0.25) is 0 Å². The summed E-state index contributed by atoms with van der Waals surface area (Å²) in [5.41, 5.74) is 0. The van der Waals surface area contributed by atoms with Gasteiger partial charge in [-0.2, -0.15) is 0 Å². The lowest BCUT2D eigenvalue weighted by Crippen LogP contribution is -2.01. The number of hydrogen-bond acceptors (Lipinski definition) is 0. The molecule has 1 radical (unpaired) electrons. The van der Waals surface area contributed by atoms with Crippen molar-refractivity contribution in [2.45, 2.75) is 66.2 Å². The molecule has 0 fully saturated rings. The van der Waals surface area contributed by atoms with Crippen LogP contribution in [-0.4, -0.2) is 0 Å². The standard InChI is InChI=1S/C12H25/c1-5-6-7-8-9-10-12(4)11(2)3/h12H,5-10H2,1-4H3. The smallest absolute Gasteiger partial charge is 0.0275 e. The average Bonchev–Trinajstić information content (AvgIpc) is 2.03. The van der Waals surface area contributed by atoms with Crippen LogP contribution in [0.4, 0.5) is 0 Å². The van der Waals surface area contributed by atoms with Crippen molar-refractivity contribution in [2.75, 3.05) is 0 Å². The van der Waals surface area contributed by atoms with Crippen LogP contribution in [0.15, 0.2) is 0 Å². The Morgan fingerprint density at radius 2 is 1.58 bits per heavy atom. The second-order valence-corrected chi connectivity index (χ2v) is 4.18. The Bertz CT molecular complexity index is 84.0. The van der Waals surface area contributed by atoms with Gasteiger partial charge in [0.2, 0.25) is 0 Å². The van der Waals surface area contributed by atoms with Crippen LogP contribution >= 0.6 is 0 Å². The zero-order chi connectivity index (χ0) is 9.40. The minimum Gasteiger partial charge on any atom is -0.0654 e. The van der Waals surface area contributed by atoms with Gasteiger partial charge in [0, 0.05) is 0 Å². The highest BCUT2D eigenvalue weighted by atomic mass is 14.1. The highest BCUT2D eigenvalue weighted by Gasteiger charge is 2.05. The minimum absolute atomic E-state index is 0.839. The Labute approximate surface area is 78.8 Å². The van der Waals surface area contributed by atoms with E-state index in [0.29, 0.717) is 0 Å². The quantitative estimate of drug-likeness (QED) is 0.489. The van der Waals surface area contributed by atoms with Crippen molar-refractivity contribution in [3.8, 4) is 0 Å². The zero-order valence-corrected chi connectivity index (χ0v) is 9.32. The van der Waals surface area contributed by atoms with E-state index in [9.17, 15) is 0 Å². The second-order valence-electron chi connectivity index (χ2n) is 4.18. The van der Waals surface area contributed by atoms with E-state index >= 15 is 0 Å². The lowest BCUT2D eigenvalue weighted by Gasteiger charge is -2.14. The summed E-state index contributed by atoms with van der Waals surface area (Å²) in [7, 11) is 0. The van der Waals surface area contributed by atoms with Crippen molar-refractivity contribution >= 4 is 0 Å². The molecule has 0 amide bonds. The van der Waals surface area contributed by atoms with Gasteiger partial charge >= 0.3 is 0 Å². The highest BCUT2D eigenvalue weighted by Crippen LogP contribution is 2.19. The Hall–Kier alpha value is 0. The summed E-state index contributed by atoms with van der Waals surface area (Å²) in [6.45, 7) is 9.11. The van der Waals surface area contributed by atoms with Gasteiger partial charge in [0.1, 0.15) is 0 Å². The van der Waals surface area contributed by atoms with E-state index in [1.807, 2.05) is 0 Å². The summed E-state index contributed by atoms with van der Waals surface area (Å²) < 4.78 is 0. The van der Waals surface area contributed by atoms with Crippen molar-refractivity contribution in [1.29, 1.82) is 0 Å². The molecule has 0 aromatic carbocycles. The SMILES string of the molecule is CCCCCCCC(C)[C](C)C. The molecule has 0 aliphatic heterocycles. The fraction of sp³-hybridized carbons (Fsp3) is 0.917. The van der Waals surface area contributed by atoms with Crippen LogP contribution in [0, 0.1) is 11.8 Å². The largest absolute Gasteiger partial charge is 0.0654 e. The zero-order valence-electron chi connectivity index (χ0n) is 9.32. The van der Waals surface area contributed by atoms with Crippen LogP contribution in [0.1, 0.15) is 66.2 Å². The molecule has 0 heteroatoms. The second kappa shape index (κ2) is 7.64. The molecule has 0 nitrogen and oxygen atoms in total. The monoisotopic (exact) mass is 169 g/mol. The molecule has 0 N–H and O–H groups in total. The normalized spacial score (nSPS) is 13.8. The van der Waals surface area contributed by atoms with Gasteiger partial charge in [-0.1, -0.05) is 66.2 Å². The van der Waals surface area contributed by atoms with Gasteiger partial charge in [-0.3, -0.25) is 0 Å². The first-order valence-electron chi connectivity index (χ1n) is 5.48. The molecule has 1 unspecified atom stereocenters. The Morgan fingerprint density at radius 1 is 1.00 bits per heavy atom. The molecule has 0 saturated heterocycles. The van der Waals surface area contributed by atoms with Crippen molar-refractivity contribution < 1.29 is 0 Å². The molecule has 1 atom stereocenters. The van der Waals surface area contributed by atoms with E-state index in [1.165, 1.54) is 38.5 Å². The number of hydrogen-bond donors (Lipinski definition) is 0. The molecule has 12 heavy (non-hydrogen) atoms. The van der Waals surface area contributed by atoms with Crippen molar-refractivity contribution in [1.82, 2.24) is 0 Å². The summed E-state index contributed by atoms with van der Waals surface area (Å²) in [6.07, 6.45) is 8.47. The third kappa shape index (κ3) is 6.69. The van der Waals surface area contributed by atoms with Crippen molar-refractivity contribution in [2.24, 2.45) is 5.92 Å². The van der Waals surface area contributed by atoms with Crippen molar-refractivity contribution in [3.05, 3.63) is 5.92 Å². The minimum atomic E-state index is 0.839. The van der Waals surface area contributed by atoms with Gasteiger partial charge in [0.05, 0.1) is 0 Å². The third-order valence-corrected chi connectivity index (χ3v) is 2.73. The fourth-order valence-corrected chi connectivity index (χ4v) is 1.34. The first-order chi connectivity index (χ1) is 5.68. The molecule has 0 aliphatic carbocycles. The van der Waals surface area contributed by atoms with E-state index in [0.717, 1.165) is 5.92 Å². The Balaban J connectivity index is 3.08. The molecule has 0 spiro atoms. The molecule has 0 bridgehead atoms. The molecule has 0 aromatic rings. The summed E-state index contributed by atoms with van der Waals surface area (Å²) in [5.74, 6) is 2.43. The average molecular weight is 169 g/mol. The summed E-state index contributed by atoms with van der Waals surface area (Å²) >= 11 is 0. The molecule has 73 valence electrons.